The van der Waals surface area contributed by atoms with Gasteiger partial charge in [-0.15, -0.1) is 0 Å². The van der Waals surface area contributed by atoms with Gasteiger partial charge in [0.25, 0.3) is 0 Å². The maximum atomic E-state index is 12.6. The molecule has 7 heteroatoms. The molecule has 0 aliphatic carbocycles. The Morgan fingerprint density at radius 1 is 1.40 bits per heavy atom. The average Bonchev–Trinajstić information content (AvgIpc) is 2.70. The van der Waals surface area contributed by atoms with Gasteiger partial charge in [0.2, 0.25) is 5.91 Å². The minimum Gasteiger partial charge on any atom is -0.481 e. The predicted octanol–water partition coefficient (Wildman–Crippen LogP) is 2.14. The number of alkyl halides is 3. The van der Waals surface area contributed by atoms with Gasteiger partial charge in [-0.3, -0.25) is 9.59 Å². The lowest BCUT2D eigenvalue weighted by atomic mass is 10.1. The second-order valence-corrected chi connectivity index (χ2v) is 4.71. The second kappa shape index (κ2) is 5.15. The van der Waals surface area contributed by atoms with Crippen molar-refractivity contribution in [3.63, 3.8) is 0 Å². The summed E-state index contributed by atoms with van der Waals surface area (Å²) >= 11 is 0. The number of benzene rings is 1. The van der Waals surface area contributed by atoms with Gasteiger partial charge in [0.05, 0.1) is 11.5 Å². The highest BCUT2D eigenvalue weighted by atomic mass is 19.4. The number of carboxylic acid groups (broad SMARTS) is 1. The van der Waals surface area contributed by atoms with Crippen LogP contribution in [0.3, 0.4) is 0 Å². The lowest BCUT2D eigenvalue weighted by Crippen LogP contribution is -2.25. The van der Waals surface area contributed by atoms with Crippen LogP contribution in [-0.2, 0) is 22.3 Å². The van der Waals surface area contributed by atoms with E-state index >= 15 is 0 Å². The highest BCUT2D eigenvalue weighted by Crippen LogP contribution is 2.30. The summed E-state index contributed by atoms with van der Waals surface area (Å²) in [4.78, 5) is 23.7. The van der Waals surface area contributed by atoms with E-state index in [1.54, 1.807) is 0 Å². The zero-order chi connectivity index (χ0) is 14.9. The fourth-order valence-corrected chi connectivity index (χ4v) is 2.16. The number of carbonyl (C=O) groups is 2. The Morgan fingerprint density at radius 3 is 2.65 bits per heavy atom. The molecule has 1 atom stereocenters. The monoisotopic (exact) mass is 287 g/mol. The Bertz CT molecular complexity index is 542. The first-order valence-electron chi connectivity index (χ1n) is 5.94. The van der Waals surface area contributed by atoms with Crippen LogP contribution in [0, 0.1) is 5.92 Å². The van der Waals surface area contributed by atoms with E-state index in [1.165, 1.54) is 17.0 Å². The van der Waals surface area contributed by atoms with Gasteiger partial charge < -0.3 is 10.0 Å². The van der Waals surface area contributed by atoms with Crippen molar-refractivity contribution in [1.29, 1.82) is 0 Å². The van der Waals surface area contributed by atoms with Crippen LogP contribution in [0.25, 0.3) is 0 Å². The molecule has 0 aromatic heterocycles. The maximum absolute atomic E-state index is 12.6. The maximum Gasteiger partial charge on any atom is 0.416 e. The fourth-order valence-electron chi connectivity index (χ4n) is 2.16. The number of hydrogen-bond acceptors (Lipinski definition) is 2. The van der Waals surface area contributed by atoms with E-state index in [9.17, 15) is 22.8 Å². The molecule has 1 N–H and O–H groups in total. The smallest absolute Gasteiger partial charge is 0.416 e. The van der Waals surface area contributed by atoms with Crippen molar-refractivity contribution in [2.24, 2.45) is 5.92 Å². The molecule has 20 heavy (non-hydrogen) atoms. The largest absolute Gasteiger partial charge is 0.481 e. The Balaban J connectivity index is 2.11. The third-order valence-corrected chi connectivity index (χ3v) is 3.19. The Kier molecular flexibility index (Phi) is 3.69. The third-order valence-electron chi connectivity index (χ3n) is 3.19. The third kappa shape index (κ3) is 3.09. The van der Waals surface area contributed by atoms with Gasteiger partial charge in [-0.2, -0.15) is 13.2 Å². The van der Waals surface area contributed by atoms with Crippen LogP contribution in [0.1, 0.15) is 17.5 Å². The molecule has 2 rings (SSSR count). The molecule has 1 saturated heterocycles. The first kappa shape index (κ1) is 14.4. The van der Waals surface area contributed by atoms with Crippen molar-refractivity contribution in [3.05, 3.63) is 35.4 Å². The molecular weight excluding hydrogens is 275 g/mol. The van der Waals surface area contributed by atoms with Gasteiger partial charge in [-0.1, -0.05) is 12.1 Å². The van der Waals surface area contributed by atoms with Crippen LogP contribution in [0.5, 0.6) is 0 Å². The molecule has 0 saturated carbocycles. The molecule has 1 aromatic rings. The van der Waals surface area contributed by atoms with Crippen molar-refractivity contribution in [2.75, 3.05) is 6.54 Å². The molecular formula is C13H12F3NO3. The fraction of sp³-hybridized carbons (Fsp3) is 0.385. The highest BCUT2D eigenvalue weighted by molar-refractivity contribution is 5.86. The van der Waals surface area contributed by atoms with Gasteiger partial charge in [-0.25, -0.2) is 0 Å². The standard InChI is InChI=1S/C13H12F3NO3/c14-13(15,16)10-3-1-2-8(4-10)6-17-7-9(12(19)20)5-11(17)18/h1-4,9H,5-7H2,(H,19,20). The number of carboxylic acids is 1. The number of amides is 1. The molecule has 4 nitrogen and oxygen atoms in total. The molecule has 0 spiro atoms. The zero-order valence-corrected chi connectivity index (χ0v) is 10.4. The minimum absolute atomic E-state index is 0.00741. The zero-order valence-electron chi connectivity index (χ0n) is 10.4. The first-order chi connectivity index (χ1) is 9.27. The van der Waals surface area contributed by atoms with Gasteiger partial charge in [0.15, 0.2) is 0 Å². The van der Waals surface area contributed by atoms with E-state index in [-0.39, 0.29) is 25.4 Å². The topological polar surface area (TPSA) is 57.6 Å². The van der Waals surface area contributed by atoms with Crippen LogP contribution in [-0.4, -0.2) is 28.4 Å². The van der Waals surface area contributed by atoms with E-state index in [4.69, 9.17) is 5.11 Å². The summed E-state index contributed by atoms with van der Waals surface area (Å²) in [7, 11) is 0. The van der Waals surface area contributed by atoms with E-state index < -0.39 is 23.6 Å². The molecule has 1 aliphatic rings. The van der Waals surface area contributed by atoms with Crippen molar-refractivity contribution < 1.29 is 27.9 Å². The summed E-state index contributed by atoms with van der Waals surface area (Å²) in [6, 6.07) is 4.68. The minimum atomic E-state index is -4.44. The molecule has 1 fully saturated rings. The lowest BCUT2D eigenvalue weighted by molar-refractivity contribution is -0.141. The number of nitrogens with zero attached hydrogens (tertiary/aromatic N) is 1. The van der Waals surface area contributed by atoms with Crippen LogP contribution < -0.4 is 0 Å². The van der Waals surface area contributed by atoms with Gasteiger partial charge in [0.1, 0.15) is 0 Å². The Labute approximate surface area is 112 Å². The Morgan fingerprint density at radius 2 is 2.10 bits per heavy atom. The van der Waals surface area contributed by atoms with E-state index in [1.807, 2.05) is 0 Å². The number of likely N-dealkylation sites (tertiary alicyclic amines) is 1. The van der Waals surface area contributed by atoms with E-state index in [2.05, 4.69) is 0 Å². The molecule has 1 aliphatic heterocycles. The van der Waals surface area contributed by atoms with Crippen molar-refractivity contribution in [2.45, 2.75) is 19.1 Å². The number of hydrogen-bond donors (Lipinski definition) is 1. The van der Waals surface area contributed by atoms with Crippen LogP contribution >= 0.6 is 0 Å². The summed E-state index contributed by atoms with van der Waals surface area (Å²) in [5, 5.41) is 8.84. The first-order valence-corrected chi connectivity index (χ1v) is 5.94. The average molecular weight is 287 g/mol. The molecule has 0 bridgehead atoms. The molecule has 1 heterocycles. The summed E-state index contributed by atoms with van der Waals surface area (Å²) in [6.07, 6.45) is -4.54. The number of aliphatic carboxylic acids is 1. The summed E-state index contributed by atoms with van der Waals surface area (Å²) in [5.41, 5.74) is -0.448. The molecule has 108 valence electrons. The summed E-state index contributed by atoms with van der Waals surface area (Å²) in [5.74, 6) is -2.20. The normalized spacial score (nSPS) is 19.4. The Hall–Kier alpha value is -2.05. The van der Waals surface area contributed by atoms with Crippen molar-refractivity contribution in [1.82, 2.24) is 4.90 Å². The van der Waals surface area contributed by atoms with Crippen molar-refractivity contribution in [3.8, 4) is 0 Å². The quantitative estimate of drug-likeness (QED) is 0.926. The van der Waals surface area contributed by atoms with E-state index in [0.29, 0.717) is 5.56 Å². The molecule has 1 amide bonds. The molecule has 1 aromatic carbocycles. The van der Waals surface area contributed by atoms with Crippen LogP contribution in [0.4, 0.5) is 13.2 Å². The van der Waals surface area contributed by atoms with Gasteiger partial charge in [0, 0.05) is 19.5 Å². The predicted molar refractivity (Wildman–Crippen MR) is 62.6 cm³/mol. The SMILES string of the molecule is O=C(O)C1CC(=O)N(Cc2cccc(C(F)(F)F)c2)C1. The van der Waals surface area contributed by atoms with Crippen LogP contribution in [0.2, 0.25) is 0 Å². The van der Waals surface area contributed by atoms with E-state index in [0.717, 1.165) is 12.1 Å². The second-order valence-electron chi connectivity index (χ2n) is 4.71. The summed E-state index contributed by atoms with van der Waals surface area (Å²) < 4.78 is 37.7. The van der Waals surface area contributed by atoms with Gasteiger partial charge >= 0.3 is 12.1 Å². The number of halogens is 3. The molecule has 0 radical (unpaired) electrons. The summed E-state index contributed by atoms with van der Waals surface area (Å²) in [6.45, 7) is 0.0247. The highest BCUT2D eigenvalue weighted by Gasteiger charge is 2.35. The number of carbonyl (C=O) groups excluding carboxylic acids is 1. The lowest BCUT2D eigenvalue weighted by Gasteiger charge is -2.17. The number of rotatable bonds is 3. The molecule has 1 unspecified atom stereocenters. The van der Waals surface area contributed by atoms with Crippen LogP contribution in [0.15, 0.2) is 24.3 Å². The van der Waals surface area contributed by atoms with Crippen molar-refractivity contribution >= 4 is 11.9 Å². The van der Waals surface area contributed by atoms with Gasteiger partial charge in [-0.05, 0) is 17.7 Å².